The number of anilines is 1. The minimum absolute atomic E-state index is 0.0358. The lowest BCUT2D eigenvalue weighted by molar-refractivity contribution is -0.130. The van der Waals surface area contributed by atoms with Crippen molar-refractivity contribution in [1.82, 2.24) is 14.8 Å². The van der Waals surface area contributed by atoms with Crippen LogP contribution in [0.1, 0.15) is 22.3 Å². The molecule has 2 amide bonds. The van der Waals surface area contributed by atoms with E-state index in [0.717, 1.165) is 17.7 Å². The molecule has 3 rings (SSSR count). The first-order chi connectivity index (χ1) is 12.5. The van der Waals surface area contributed by atoms with E-state index in [0.29, 0.717) is 38.2 Å². The van der Waals surface area contributed by atoms with Crippen LogP contribution < -0.4 is 4.90 Å². The molecule has 1 aromatic heterocycles. The fourth-order valence-electron chi connectivity index (χ4n) is 3.22. The van der Waals surface area contributed by atoms with Crippen LogP contribution in [0.15, 0.2) is 42.7 Å². The van der Waals surface area contributed by atoms with Crippen molar-refractivity contribution in [3.8, 4) is 0 Å². The number of benzene rings is 1. The Morgan fingerprint density at radius 1 is 1.08 bits per heavy atom. The van der Waals surface area contributed by atoms with Gasteiger partial charge in [-0.3, -0.25) is 9.59 Å². The van der Waals surface area contributed by atoms with Crippen LogP contribution in [0.5, 0.6) is 0 Å². The summed E-state index contributed by atoms with van der Waals surface area (Å²) >= 11 is 0. The van der Waals surface area contributed by atoms with Gasteiger partial charge in [0.1, 0.15) is 0 Å². The first-order valence-corrected chi connectivity index (χ1v) is 9.00. The second kappa shape index (κ2) is 8.08. The molecule has 138 valence electrons. The molecule has 1 fully saturated rings. The first kappa shape index (κ1) is 18.0. The van der Waals surface area contributed by atoms with E-state index in [9.17, 15) is 9.59 Å². The highest BCUT2D eigenvalue weighted by molar-refractivity contribution is 5.95. The summed E-state index contributed by atoms with van der Waals surface area (Å²) in [6.45, 7) is 2.54. The van der Waals surface area contributed by atoms with E-state index >= 15 is 0 Å². The number of amides is 2. The van der Waals surface area contributed by atoms with E-state index in [1.165, 1.54) is 0 Å². The number of carbonyl (C=O) groups excluding carboxylic acids is 2. The third kappa shape index (κ3) is 4.25. The molecule has 26 heavy (non-hydrogen) atoms. The lowest BCUT2D eigenvalue weighted by atomic mass is 10.1. The first-order valence-electron chi connectivity index (χ1n) is 9.00. The summed E-state index contributed by atoms with van der Waals surface area (Å²) in [5.41, 5.74) is 2.70. The third-order valence-corrected chi connectivity index (χ3v) is 4.76. The van der Waals surface area contributed by atoms with Crippen molar-refractivity contribution in [1.29, 1.82) is 0 Å². The largest absolute Gasteiger partial charge is 0.378 e. The molecule has 0 saturated carbocycles. The van der Waals surface area contributed by atoms with Gasteiger partial charge < -0.3 is 19.7 Å². The van der Waals surface area contributed by atoms with Gasteiger partial charge in [-0.05, 0) is 36.2 Å². The van der Waals surface area contributed by atoms with Gasteiger partial charge >= 0.3 is 0 Å². The number of carbonyl (C=O) groups is 2. The summed E-state index contributed by atoms with van der Waals surface area (Å²) in [6, 6.07) is 9.59. The van der Waals surface area contributed by atoms with Crippen LogP contribution in [0, 0.1) is 0 Å². The van der Waals surface area contributed by atoms with Crippen LogP contribution in [0.4, 0.5) is 5.69 Å². The zero-order valence-electron chi connectivity index (χ0n) is 15.4. The Bertz CT molecular complexity index is 755. The number of hydrogen-bond donors (Lipinski definition) is 1. The van der Waals surface area contributed by atoms with Crippen molar-refractivity contribution >= 4 is 17.5 Å². The van der Waals surface area contributed by atoms with E-state index in [-0.39, 0.29) is 11.8 Å². The quantitative estimate of drug-likeness (QED) is 0.914. The standard InChI is InChI=1S/C20H26N4O2/c1-22(2)18-6-3-5-17(14-18)20(26)24-10-4-9-23(11-12-24)19(25)13-16-7-8-21-15-16/h3,5-8,14-15,21H,4,9-13H2,1-2H3. The molecule has 0 unspecified atom stereocenters. The maximum atomic E-state index is 12.9. The molecule has 0 aliphatic carbocycles. The molecule has 0 bridgehead atoms. The minimum Gasteiger partial charge on any atom is -0.378 e. The number of H-pyrrole nitrogens is 1. The van der Waals surface area contributed by atoms with E-state index in [1.54, 1.807) is 0 Å². The van der Waals surface area contributed by atoms with Gasteiger partial charge in [0.2, 0.25) is 5.91 Å². The Hall–Kier alpha value is -2.76. The van der Waals surface area contributed by atoms with Gasteiger partial charge in [-0.2, -0.15) is 0 Å². The summed E-state index contributed by atoms with van der Waals surface area (Å²) < 4.78 is 0. The van der Waals surface area contributed by atoms with Crippen molar-refractivity contribution < 1.29 is 9.59 Å². The highest BCUT2D eigenvalue weighted by Gasteiger charge is 2.23. The van der Waals surface area contributed by atoms with Gasteiger partial charge in [0.25, 0.3) is 5.91 Å². The minimum atomic E-state index is 0.0358. The van der Waals surface area contributed by atoms with Crippen LogP contribution in [-0.4, -0.2) is 66.9 Å². The van der Waals surface area contributed by atoms with Crippen LogP contribution in [0.3, 0.4) is 0 Å². The maximum Gasteiger partial charge on any atom is 0.253 e. The van der Waals surface area contributed by atoms with Crippen LogP contribution in [0.2, 0.25) is 0 Å². The highest BCUT2D eigenvalue weighted by atomic mass is 16.2. The molecule has 1 aromatic carbocycles. The lowest BCUT2D eigenvalue weighted by Gasteiger charge is -2.23. The molecule has 6 nitrogen and oxygen atoms in total. The molecule has 1 aliphatic heterocycles. The van der Waals surface area contributed by atoms with Gasteiger partial charge in [-0.25, -0.2) is 0 Å². The molecular formula is C20H26N4O2. The molecule has 1 N–H and O–H groups in total. The summed E-state index contributed by atoms with van der Waals surface area (Å²) in [4.78, 5) is 34.0. The monoisotopic (exact) mass is 354 g/mol. The fourth-order valence-corrected chi connectivity index (χ4v) is 3.22. The molecule has 1 saturated heterocycles. The fraction of sp³-hybridized carbons (Fsp3) is 0.400. The number of aromatic amines is 1. The predicted octanol–water partition coefficient (Wildman–Crippen LogP) is 2.00. The second-order valence-corrected chi connectivity index (χ2v) is 6.87. The smallest absolute Gasteiger partial charge is 0.253 e. The lowest BCUT2D eigenvalue weighted by Crippen LogP contribution is -2.38. The Morgan fingerprint density at radius 2 is 1.85 bits per heavy atom. The van der Waals surface area contributed by atoms with Crippen LogP contribution >= 0.6 is 0 Å². The van der Waals surface area contributed by atoms with Crippen LogP contribution in [-0.2, 0) is 11.2 Å². The number of nitrogens with zero attached hydrogens (tertiary/aromatic N) is 3. The summed E-state index contributed by atoms with van der Waals surface area (Å²) in [5, 5.41) is 0. The van der Waals surface area contributed by atoms with Gasteiger partial charge in [-0.1, -0.05) is 6.07 Å². The second-order valence-electron chi connectivity index (χ2n) is 6.87. The average Bonchev–Trinajstić information content (AvgIpc) is 3.02. The van der Waals surface area contributed by atoms with E-state index in [4.69, 9.17) is 0 Å². The van der Waals surface area contributed by atoms with Gasteiger partial charge in [0, 0.05) is 63.9 Å². The van der Waals surface area contributed by atoms with Crippen molar-refractivity contribution in [2.45, 2.75) is 12.8 Å². The molecule has 0 radical (unpaired) electrons. The topological polar surface area (TPSA) is 59.7 Å². The summed E-state index contributed by atoms with van der Waals surface area (Å²) in [6.07, 6.45) is 4.89. The zero-order valence-corrected chi connectivity index (χ0v) is 15.4. The van der Waals surface area contributed by atoms with Crippen molar-refractivity contribution in [2.75, 3.05) is 45.2 Å². The van der Waals surface area contributed by atoms with Gasteiger partial charge in [0.15, 0.2) is 0 Å². The summed E-state index contributed by atoms with van der Waals surface area (Å²) in [7, 11) is 3.92. The maximum absolute atomic E-state index is 12.9. The molecule has 1 aliphatic rings. The molecule has 0 atom stereocenters. The molecule has 6 heteroatoms. The van der Waals surface area contributed by atoms with E-state index in [2.05, 4.69) is 4.98 Å². The predicted molar refractivity (Wildman–Crippen MR) is 102 cm³/mol. The third-order valence-electron chi connectivity index (χ3n) is 4.76. The molecule has 0 spiro atoms. The zero-order chi connectivity index (χ0) is 18.5. The average molecular weight is 354 g/mol. The van der Waals surface area contributed by atoms with Gasteiger partial charge in [-0.15, -0.1) is 0 Å². The van der Waals surface area contributed by atoms with Crippen LogP contribution in [0.25, 0.3) is 0 Å². The summed E-state index contributed by atoms with van der Waals surface area (Å²) in [5.74, 6) is 0.155. The Labute approximate surface area is 154 Å². The number of nitrogens with one attached hydrogen (secondary N) is 1. The van der Waals surface area contributed by atoms with E-state index in [1.807, 2.05) is 71.5 Å². The normalized spacial score (nSPS) is 14.8. The Kier molecular flexibility index (Phi) is 5.61. The van der Waals surface area contributed by atoms with E-state index < -0.39 is 0 Å². The SMILES string of the molecule is CN(C)c1cccc(C(=O)N2CCCN(C(=O)Cc3cc[nH]c3)CC2)c1. The highest BCUT2D eigenvalue weighted by Crippen LogP contribution is 2.16. The number of hydrogen-bond acceptors (Lipinski definition) is 3. The van der Waals surface area contributed by atoms with Crippen molar-refractivity contribution in [3.63, 3.8) is 0 Å². The Balaban J connectivity index is 1.62. The number of aromatic nitrogens is 1. The molecular weight excluding hydrogens is 328 g/mol. The molecule has 2 heterocycles. The van der Waals surface area contributed by atoms with Crippen molar-refractivity contribution in [2.24, 2.45) is 0 Å². The van der Waals surface area contributed by atoms with Gasteiger partial charge in [0.05, 0.1) is 6.42 Å². The Morgan fingerprint density at radius 3 is 2.58 bits per heavy atom. The number of rotatable bonds is 4. The van der Waals surface area contributed by atoms with Crippen molar-refractivity contribution in [3.05, 3.63) is 53.9 Å². The molecule has 2 aromatic rings.